The molecule has 0 unspecified atom stereocenters. The van der Waals surface area contributed by atoms with Crippen molar-refractivity contribution < 1.29 is 4.42 Å². The molecule has 1 aliphatic heterocycles. The van der Waals surface area contributed by atoms with Gasteiger partial charge in [0.2, 0.25) is 11.8 Å². The molecule has 3 rings (SSSR count). The van der Waals surface area contributed by atoms with E-state index in [2.05, 4.69) is 34.3 Å². The van der Waals surface area contributed by atoms with Gasteiger partial charge in [-0.1, -0.05) is 11.6 Å². The van der Waals surface area contributed by atoms with E-state index in [-0.39, 0.29) is 5.54 Å². The molecule has 0 spiro atoms. The molecule has 6 heteroatoms. The summed E-state index contributed by atoms with van der Waals surface area (Å²) in [7, 11) is 0. The summed E-state index contributed by atoms with van der Waals surface area (Å²) in [6, 6.07) is 7.41. The Morgan fingerprint density at radius 1 is 1.29 bits per heavy atom. The van der Waals surface area contributed by atoms with Crippen molar-refractivity contribution in [3.63, 3.8) is 0 Å². The van der Waals surface area contributed by atoms with Gasteiger partial charge in [-0.2, -0.15) is 0 Å². The fourth-order valence-corrected chi connectivity index (χ4v) is 2.63. The van der Waals surface area contributed by atoms with Gasteiger partial charge < -0.3 is 9.73 Å². The second kappa shape index (κ2) is 5.75. The van der Waals surface area contributed by atoms with Gasteiger partial charge in [0.1, 0.15) is 0 Å². The highest BCUT2D eigenvalue weighted by Gasteiger charge is 2.30. The van der Waals surface area contributed by atoms with Crippen molar-refractivity contribution in [3.05, 3.63) is 35.2 Å². The van der Waals surface area contributed by atoms with Crippen molar-refractivity contribution >= 4 is 11.6 Å². The Bertz CT molecular complexity index is 608. The van der Waals surface area contributed by atoms with Crippen LogP contribution in [0.5, 0.6) is 0 Å². The zero-order valence-corrected chi connectivity index (χ0v) is 13.0. The first-order valence-corrected chi connectivity index (χ1v) is 7.46. The molecule has 0 bridgehead atoms. The van der Waals surface area contributed by atoms with Crippen LogP contribution in [0.2, 0.25) is 5.02 Å². The minimum Gasteiger partial charge on any atom is -0.419 e. The van der Waals surface area contributed by atoms with Crippen molar-refractivity contribution in [1.29, 1.82) is 0 Å². The zero-order chi connectivity index (χ0) is 14.9. The predicted octanol–water partition coefficient (Wildman–Crippen LogP) is 2.57. The molecule has 2 aromatic rings. The molecule has 112 valence electrons. The van der Waals surface area contributed by atoms with Crippen LogP contribution in [0.1, 0.15) is 19.7 Å². The Kier molecular flexibility index (Phi) is 3.97. The zero-order valence-electron chi connectivity index (χ0n) is 12.3. The van der Waals surface area contributed by atoms with Crippen molar-refractivity contribution in [2.45, 2.75) is 25.9 Å². The van der Waals surface area contributed by atoms with Crippen LogP contribution in [-0.2, 0) is 6.54 Å². The molecule has 1 saturated heterocycles. The van der Waals surface area contributed by atoms with Crippen LogP contribution >= 0.6 is 11.6 Å². The number of nitrogens with zero attached hydrogens (tertiary/aromatic N) is 3. The van der Waals surface area contributed by atoms with E-state index in [0.717, 1.165) is 25.2 Å². The molecule has 0 radical (unpaired) electrons. The van der Waals surface area contributed by atoms with Gasteiger partial charge in [0.05, 0.1) is 6.54 Å². The first-order chi connectivity index (χ1) is 10.0. The Labute approximate surface area is 129 Å². The summed E-state index contributed by atoms with van der Waals surface area (Å²) in [5.41, 5.74) is 0.977. The van der Waals surface area contributed by atoms with Gasteiger partial charge in [-0.3, -0.25) is 4.90 Å². The fourth-order valence-electron chi connectivity index (χ4n) is 2.51. The minimum absolute atomic E-state index is 0.0904. The van der Waals surface area contributed by atoms with E-state index in [1.165, 1.54) is 0 Å². The third-order valence-corrected chi connectivity index (χ3v) is 4.11. The van der Waals surface area contributed by atoms with Gasteiger partial charge in [-0.25, -0.2) is 0 Å². The Morgan fingerprint density at radius 2 is 2.05 bits per heavy atom. The molecule has 0 saturated carbocycles. The summed E-state index contributed by atoms with van der Waals surface area (Å²) in [4.78, 5) is 2.36. The van der Waals surface area contributed by atoms with E-state index in [9.17, 15) is 0 Å². The SMILES string of the molecule is CC1(C)CNCCN1Cc1nnc(-c2ccc(Cl)cc2)o1. The quantitative estimate of drug-likeness (QED) is 0.944. The maximum Gasteiger partial charge on any atom is 0.247 e. The lowest BCUT2D eigenvalue weighted by atomic mass is 10.0. The van der Waals surface area contributed by atoms with Gasteiger partial charge >= 0.3 is 0 Å². The molecule has 1 N–H and O–H groups in total. The normalized spacial score (nSPS) is 18.8. The summed E-state index contributed by atoms with van der Waals surface area (Å²) in [5, 5.41) is 12.4. The number of hydrogen-bond acceptors (Lipinski definition) is 5. The van der Waals surface area contributed by atoms with Crippen LogP contribution in [0.15, 0.2) is 28.7 Å². The molecule has 1 aliphatic rings. The topological polar surface area (TPSA) is 54.2 Å². The van der Waals surface area contributed by atoms with E-state index in [4.69, 9.17) is 16.0 Å². The van der Waals surface area contributed by atoms with E-state index < -0.39 is 0 Å². The van der Waals surface area contributed by atoms with Gasteiger partial charge in [-0.15, -0.1) is 10.2 Å². The number of aromatic nitrogens is 2. The first kappa shape index (κ1) is 14.5. The van der Waals surface area contributed by atoms with Crippen molar-refractivity contribution in [2.24, 2.45) is 0 Å². The molecule has 1 aromatic carbocycles. The van der Waals surface area contributed by atoms with Crippen molar-refractivity contribution in [2.75, 3.05) is 19.6 Å². The van der Waals surface area contributed by atoms with Crippen LogP contribution in [0.25, 0.3) is 11.5 Å². The molecular weight excluding hydrogens is 288 g/mol. The Morgan fingerprint density at radius 3 is 2.76 bits per heavy atom. The van der Waals surface area contributed by atoms with E-state index in [0.29, 0.717) is 23.3 Å². The second-order valence-electron chi connectivity index (χ2n) is 5.92. The molecule has 1 aromatic heterocycles. The highest BCUT2D eigenvalue weighted by Crippen LogP contribution is 2.23. The fraction of sp³-hybridized carbons (Fsp3) is 0.467. The van der Waals surface area contributed by atoms with Crippen LogP contribution in [0, 0.1) is 0 Å². The number of halogens is 1. The van der Waals surface area contributed by atoms with Gasteiger partial charge in [0, 0.05) is 35.8 Å². The van der Waals surface area contributed by atoms with Crippen LogP contribution in [-0.4, -0.2) is 40.3 Å². The molecular formula is C15H19ClN4O. The summed E-state index contributed by atoms with van der Waals surface area (Å²) in [6.45, 7) is 8.04. The van der Waals surface area contributed by atoms with Crippen LogP contribution in [0.3, 0.4) is 0 Å². The lowest BCUT2D eigenvalue weighted by Crippen LogP contribution is -2.57. The summed E-state index contributed by atoms with van der Waals surface area (Å²) in [6.07, 6.45) is 0. The van der Waals surface area contributed by atoms with Crippen LogP contribution in [0.4, 0.5) is 0 Å². The smallest absolute Gasteiger partial charge is 0.247 e. The highest BCUT2D eigenvalue weighted by molar-refractivity contribution is 6.30. The third kappa shape index (κ3) is 3.26. The molecule has 0 atom stereocenters. The van der Waals surface area contributed by atoms with Crippen LogP contribution < -0.4 is 5.32 Å². The van der Waals surface area contributed by atoms with E-state index in [1.54, 1.807) is 0 Å². The maximum atomic E-state index is 5.89. The highest BCUT2D eigenvalue weighted by atomic mass is 35.5. The Hall–Kier alpha value is -1.43. The molecule has 1 fully saturated rings. The Balaban J connectivity index is 1.74. The number of piperazine rings is 1. The predicted molar refractivity (Wildman–Crippen MR) is 82.1 cm³/mol. The van der Waals surface area contributed by atoms with Gasteiger partial charge in [0.15, 0.2) is 0 Å². The van der Waals surface area contributed by atoms with E-state index in [1.807, 2.05) is 24.3 Å². The maximum absolute atomic E-state index is 5.89. The minimum atomic E-state index is 0.0904. The van der Waals surface area contributed by atoms with Gasteiger partial charge in [-0.05, 0) is 38.1 Å². The number of benzene rings is 1. The average molecular weight is 307 g/mol. The monoisotopic (exact) mass is 306 g/mol. The average Bonchev–Trinajstić information content (AvgIpc) is 2.90. The van der Waals surface area contributed by atoms with Crippen molar-refractivity contribution in [1.82, 2.24) is 20.4 Å². The van der Waals surface area contributed by atoms with E-state index >= 15 is 0 Å². The third-order valence-electron chi connectivity index (χ3n) is 3.86. The largest absolute Gasteiger partial charge is 0.419 e. The number of nitrogens with one attached hydrogen (secondary N) is 1. The lowest BCUT2D eigenvalue weighted by Gasteiger charge is -2.42. The molecule has 5 nitrogen and oxygen atoms in total. The standard InChI is InChI=1S/C15H19ClN4O/c1-15(2)10-17-7-8-20(15)9-13-18-19-14(21-13)11-3-5-12(16)6-4-11/h3-6,17H,7-10H2,1-2H3. The molecule has 0 aliphatic carbocycles. The number of rotatable bonds is 3. The van der Waals surface area contributed by atoms with Gasteiger partial charge in [0.25, 0.3) is 0 Å². The molecule has 2 heterocycles. The second-order valence-corrected chi connectivity index (χ2v) is 6.36. The summed E-state index contributed by atoms with van der Waals surface area (Å²) >= 11 is 5.89. The van der Waals surface area contributed by atoms with Crippen molar-refractivity contribution in [3.8, 4) is 11.5 Å². The molecule has 21 heavy (non-hydrogen) atoms. The molecule has 0 amide bonds. The first-order valence-electron chi connectivity index (χ1n) is 7.09. The summed E-state index contributed by atoms with van der Waals surface area (Å²) in [5.74, 6) is 1.18. The lowest BCUT2D eigenvalue weighted by molar-refractivity contribution is 0.0737. The summed E-state index contributed by atoms with van der Waals surface area (Å²) < 4.78 is 5.78. The number of hydrogen-bond donors (Lipinski definition) is 1.